The molecular weight excluding hydrogens is 336 g/mol. The lowest BCUT2D eigenvalue weighted by Crippen LogP contribution is -2.41. The number of amides is 2. The zero-order valence-corrected chi connectivity index (χ0v) is 16.6. The molecule has 2 aliphatic rings. The number of hydrogen-bond acceptors (Lipinski definition) is 3. The Morgan fingerprint density at radius 3 is 2.52 bits per heavy atom. The van der Waals surface area contributed by atoms with Crippen molar-refractivity contribution in [2.45, 2.75) is 19.9 Å². The number of carbonyl (C=O) groups is 1. The standard InChI is InChI=1S/C22H28N4O/c1-15-8-5-6-10-18(15)21-19-14-25(20-11-7-9-16(2)23-20)12-17(19)13-26(21)22(27)24(3)4/h5-11,17,19,21H,12-14H2,1-4H3/t17-,19-,21+/m1/s1. The Morgan fingerprint density at radius 2 is 1.81 bits per heavy atom. The van der Waals surface area contributed by atoms with Gasteiger partial charge in [0, 0.05) is 51.3 Å². The second-order valence-electron chi connectivity index (χ2n) is 8.10. The number of rotatable bonds is 2. The zero-order valence-electron chi connectivity index (χ0n) is 16.6. The zero-order chi connectivity index (χ0) is 19.1. The lowest BCUT2D eigenvalue weighted by molar-refractivity contribution is 0.159. The number of pyridine rings is 1. The van der Waals surface area contributed by atoms with Gasteiger partial charge in [-0.3, -0.25) is 0 Å². The van der Waals surface area contributed by atoms with E-state index in [0.717, 1.165) is 31.1 Å². The maximum absolute atomic E-state index is 12.9. The number of anilines is 1. The normalized spacial score (nSPS) is 24.2. The van der Waals surface area contributed by atoms with Crippen LogP contribution in [-0.4, -0.2) is 54.5 Å². The molecule has 1 aromatic heterocycles. The van der Waals surface area contributed by atoms with E-state index in [1.165, 1.54) is 11.1 Å². The predicted molar refractivity (Wildman–Crippen MR) is 108 cm³/mol. The minimum Gasteiger partial charge on any atom is -0.356 e. The molecule has 2 fully saturated rings. The lowest BCUT2D eigenvalue weighted by Gasteiger charge is -2.32. The van der Waals surface area contributed by atoms with Crippen molar-refractivity contribution < 1.29 is 4.79 Å². The highest BCUT2D eigenvalue weighted by Crippen LogP contribution is 2.46. The number of urea groups is 1. The first kappa shape index (κ1) is 17.8. The van der Waals surface area contributed by atoms with Gasteiger partial charge in [-0.05, 0) is 37.1 Å². The van der Waals surface area contributed by atoms with Gasteiger partial charge in [-0.1, -0.05) is 30.3 Å². The molecule has 4 rings (SSSR count). The van der Waals surface area contributed by atoms with Crippen molar-refractivity contribution in [3.05, 3.63) is 59.3 Å². The minimum atomic E-state index is 0.109. The van der Waals surface area contributed by atoms with Gasteiger partial charge in [0.1, 0.15) is 5.82 Å². The van der Waals surface area contributed by atoms with Crippen LogP contribution in [0.4, 0.5) is 10.6 Å². The molecule has 2 aromatic rings. The van der Waals surface area contributed by atoms with E-state index < -0.39 is 0 Å². The van der Waals surface area contributed by atoms with Gasteiger partial charge in [0.05, 0.1) is 6.04 Å². The van der Waals surface area contributed by atoms with Gasteiger partial charge < -0.3 is 14.7 Å². The fourth-order valence-corrected chi connectivity index (χ4v) is 4.71. The Kier molecular flexibility index (Phi) is 4.54. The summed E-state index contributed by atoms with van der Waals surface area (Å²) in [5, 5.41) is 0. The maximum Gasteiger partial charge on any atom is 0.320 e. The van der Waals surface area contributed by atoms with Crippen molar-refractivity contribution >= 4 is 11.8 Å². The summed E-state index contributed by atoms with van der Waals surface area (Å²) in [5.41, 5.74) is 3.58. The van der Waals surface area contributed by atoms with Gasteiger partial charge in [-0.2, -0.15) is 0 Å². The Morgan fingerprint density at radius 1 is 1.04 bits per heavy atom. The van der Waals surface area contributed by atoms with Crippen LogP contribution in [0.5, 0.6) is 0 Å². The maximum atomic E-state index is 12.9. The Hall–Kier alpha value is -2.56. The number of aryl methyl sites for hydroxylation is 2. The summed E-state index contributed by atoms with van der Waals surface area (Å²) in [4.78, 5) is 23.8. The summed E-state index contributed by atoms with van der Waals surface area (Å²) in [6.45, 7) is 6.89. The van der Waals surface area contributed by atoms with Gasteiger partial charge in [0.2, 0.25) is 0 Å². The number of aromatic nitrogens is 1. The summed E-state index contributed by atoms with van der Waals surface area (Å²) < 4.78 is 0. The van der Waals surface area contributed by atoms with Crippen molar-refractivity contribution in [2.75, 3.05) is 38.6 Å². The van der Waals surface area contributed by atoms with E-state index in [-0.39, 0.29) is 12.1 Å². The second-order valence-corrected chi connectivity index (χ2v) is 8.10. The van der Waals surface area contributed by atoms with Gasteiger partial charge in [0.25, 0.3) is 0 Å². The molecule has 5 heteroatoms. The average Bonchev–Trinajstić information content (AvgIpc) is 3.19. The smallest absolute Gasteiger partial charge is 0.320 e. The molecule has 3 atom stereocenters. The van der Waals surface area contributed by atoms with Crippen molar-refractivity contribution in [1.29, 1.82) is 0 Å². The van der Waals surface area contributed by atoms with E-state index in [2.05, 4.69) is 53.1 Å². The van der Waals surface area contributed by atoms with E-state index in [1.807, 2.05) is 27.1 Å². The molecule has 142 valence electrons. The van der Waals surface area contributed by atoms with Gasteiger partial charge in [-0.15, -0.1) is 0 Å². The third-order valence-corrected chi connectivity index (χ3v) is 6.00. The average molecular weight is 364 g/mol. The third-order valence-electron chi connectivity index (χ3n) is 6.00. The molecule has 0 bridgehead atoms. The Bertz CT molecular complexity index is 850. The Labute approximate surface area is 161 Å². The van der Waals surface area contributed by atoms with Crippen molar-refractivity contribution in [2.24, 2.45) is 11.8 Å². The summed E-state index contributed by atoms with van der Waals surface area (Å²) in [7, 11) is 3.68. The SMILES string of the molecule is Cc1cccc(N2C[C@@H]3CN(C(=O)N(C)C)[C@@H](c4ccccc4C)[C@@H]3C2)n1. The third kappa shape index (κ3) is 3.15. The lowest BCUT2D eigenvalue weighted by atomic mass is 9.88. The first-order valence-electron chi connectivity index (χ1n) is 9.67. The summed E-state index contributed by atoms with van der Waals surface area (Å²) in [6.07, 6.45) is 0. The van der Waals surface area contributed by atoms with Crippen molar-refractivity contribution in [3.63, 3.8) is 0 Å². The molecule has 2 saturated heterocycles. The number of fused-ring (bicyclic) bond motifs is 1. The molecule has 0 radical (unpaired) electrons. The molecule has 0 saturated carbocycles. The van der Waals surface area contributed by atoms with Crippen LogP contribution >= 0.6 is 0 Å². The minimum absolute atomic E-state index is 0.109. The molecule has 1 aromatic carbocycles. The number of likely N-dealkylation sites (tertiary alicyclic amines) is 1. The second kappa shape index (κ2) is 6.87. The van der Waals surface area contributed by atoms with Crippen LogP contribution in [0.15, 0.2) is 42.5 Å². The molecule has 0 spiro atoms. The van der Waals surface area contributed by atoms with Gasteiger partial charge in [-0.25, -0.2) is 9.78 Å². The molecular formula is C22H28N4O. The molecule has 0 unspecified atom stereocenters. The van der Waals surface area contributed by atoms with Crippen LogP contribution in [0.1, 0.15) is 22.9 Å². The van der Waals surface area contributed by atoms with Crippen molar-refractivity contribution in [3.8, 4) is 0 Å². The van der Waals surface area contributed by atoms with Crippen molar-refractivity contribution in [1.82, 2.24) is 14.8 Å². The van der Waals surface area contributed by atoms with Crippen LogP contribution in [0.3, 0.4) is 0 Å². The fraction of sp³-hybridized carbons (Fsp3) is 0.455. The van der Waals surface area contributed by atoms with E-state index >= 15 is 0 Å². The predicted octanol–water partition coefficient (Wildman–Crippen LogP) is 3.49. The number of benzene rings is 1. The molecule has 0 aliphatic carbocycles. The molecule has 3 heterocycles. The Balaban J connectivity index is 1.67. The van der Waals surface area contributed by atoms with Gasteiger partial charge in [0.15, 0.2) is 0 Å². The molecule has 2 aliphatic heterocycles. The monoisotopic (exact) mass is 364 g/mol. The van der Waals surface area contributed by atoms with E-state index in [0.29, 0.717) is 11.8 Å². The van der Waals surface area contributed by atoms with Crippen LogP contribution < -0.4 is 4.90 Å². The largest absolute Gasteiger partial charge is 0.356 e. The number of nitrogens with zero attached hydrogens (tertiary/aromatic N) is 4. The molecule has 27 heavy (non-hydrogen) atoms. The number of hydrogen-bond donors (Lipinski definition) is 0. The van der Waals surface area contributed by atoms with Crippen LogP contribution in [0, 0.1) is 25.7 Å². The first-order valence-corrected chi connectivity index (χ1v) is 9.67. The number of carbonyl (C=O) groups excluding carboxylic acids is 1. The van der Waals surface area contributed by atoms with Crippen LogP contribution in [0.25, 0.3) is 0 Å². The molecule has 5 nitrogen and oxygen atoms in total. The van der Waals surface area contributed by atoms with Crippen LogP contribution in [-0.2, 0) is 0 Å². The van der Waals surface area contributed by atoms with Gasteiger partial charge >= 0.3 is 6.03 Å². The molecule has 2 amide bonds. The summed E-state index contributed by atoms with van der Waals surface area (Å²) in [6, 6.07) is 14.9. The highest BCUT2D eigenvalue weighted by atomic mass is 16.2. The molecule has 0 N–H and O–H groups in total. The van der Waals surface area contributed by atoms with Crippen LogP contribution in [0.2, 0.25) is 0 Å². The van der Waals surface area contributed by atoms with E-state index in [9.17, 15) is 4.79 Å². The summed E-state index contributed by atoms with van der Waals surface area (Å²) in [5.74, 6) is 1.96. The highest BCUT2D eigenvalue weighted by molar-refractivity contribution is 5.75. The first-order chi connectivity index (χ1) is 13.0. The van der Waals surface area contributed by atoms with E-state index in [4.69, 9.17) is 4.98 Å². The highest BCUT2D eigenvalue weighted by Gasteiger charge is 2.50. The van der Waals surface area contributed by atoms with E-state index in [1.54, 1.807) is 4.90 Å². The summed E-state index contributed by atoms with van der Waals surface area (Å²) >= 11 is 0. The fourth-order valence-electron chi connectivity index (χ4n) is 4.71. The topological polar surface area (TPSA) is 39.7 Å². The quantitative estimate of drug-likeness (QED) is 0.819.